The van der Waals surface area contributed by atoms with Gasteiger partial charge < -0.3 is 24.8 Å². The summed E-state index contributed by atoms with van der Waals surface area (Å²) in [6.45, 7) is 1.87. The average Bonchev–Trinajstić information content (AvgIpc) is 2.84. The normalized spacial score (nSPS) is 22.4. The maximum atomic E-state index is 13.9. The van der Waals surface area contributed by atoms with Crippen LogP contribution in [0.4, 0.5) is 11.4 Å². The van der Waals surface area contributed by atoms with E-state index >= 15 is 0 Å². The molecule has 180 valence electrons. The Morgan fingerprint density at radius 2 is 1.80 bits per heavy atom. The predicted molar refractivity (Wildman–Crippen MR) is 140 cm³/mol. The van der Waals surface area contributed by atoms with Gasteiger partial charge in [0.05, 0.1) is 20.3 Å². The number of anilines is 2. The topological polar surface area (TPSA) is 72.1 Å². The molecule has 2 aliphatic rings. The molecule has 3 aromatic rings. The number of para-hydroxylation sites is 1. The highest BCUT2D eigenvalue weighted by atomic mass is 35.5. The summed E-state index contributed by atoms with van der Waals surface area (Å²) in [5.41, 5.74) is 1.02. The smallest absolute Gasteiger partial charge is 0.236 e. The average molecular weight is 510 g/mol. The first kappa shape index (κ1) is 23.3. The van der Waals surface area contributed by atoms with Crippen LogP contribution in [0.2, 0.25) is 5.02 Å². The van der Waals surface area contributed by atoms with Crippen LogP contribution in [0.15, 0.2) is 66.7 Å². The Morgan fingerprint density at radius 3 is 2.46 bits per heavy atom. The minimum atomic E-state index is -1.17. The van der Waals surface area contributed by atoms with E-state index < -0.39 is 17.7 Å². The number of ether oxygens (including phenoxy) is 3. The molecule has 3 aromatic carbocycles. The van der Waals surface area contributed by atoms with Gasteiger partial charge >= 0.3 is 0 Å². The highest BCUT2D eigenvalue weighted by Gasteiger charge is 2.59. The second-order valence-electron chi connectivity index (χ2n) is 8.47. The van der Waals surface area contributed by atoms with Crippen molar-refractivity contribution in [2.24, 2.45) is 5.92 Å². The van der Waals surface area contributed by atoms with Crippen molar-refractivity contribution in [2.45, 2.75) is 18.7 Å². The monoisotopic (exact) mass is 509 g/mol. The van der Waals surface area contributed by atoms with Crippen LogP contribution in [0.25, 0.3) is 0 Å². The number of halogens is 1. The standard InChI is InChI=1S/C26H24ClN3O4S/c1-26-21(24(31)28-16-9-13-18(32-2)14-10-16)22(19-5-4-6-20(33-3)23(19)34-26)29-25(35)30(26)17-11-7-15(27)8-12-17/h4-14,21-22H,1-3H3,(H,28,31)(H,29,35)/t21-,22-,26-/m1/s1. The number of carbonyl (C=O) groups excluding carboxylic acids is 1. The second kappa shape index (κ2) is 8.94. The van der Waals surface area contributed by atoms with Crippen molar-refractivity contribution in [3.05, 3.63) is 77.3 Å². The summed E-state index contributed by atoms with van der Waals surface area (Å²) >= 11 is 11.9. The van der Waals surface area contributed by atoms with Gasteiger partial charge in [-0.3, -0.25) is 9.69 Å². The Bertz CT molecular complexity index is 1280. The molecular formula is C26H24ClN3O4S. The van der Waals surface area contributed by atoms with Crippen LogP contribution in [0.5, 0.6) is 17.2 Å². The predicted octanol–water partition coefficient (Wildman–Crippen LogP) is 5.16. The lowest BCUT2D eigenvalue weighted by atomic mass is 9.78. The first-order valence-corrected chi connectivity index (χ1v) is 11.8. The van der Waals surface area contributed by atoms with E-state index in [2.05, 4.69) is 10.6 Å². The molecule has 7 nitrogen and oxygen atoms in total. The number of nitrogens with zero attached hydrogens (tertiary/aromatic N) is 1. The van der Waals surface area contributed by atoms with Crippen LogP contribution in [0.1, 0.15) is 18.5 Å². The van der Waals surface area contributed by atoms with Crippen LogP contribution in [0, 0.1) is 5.92 Å². The summed E-state index contributed by atoms with van der Waals surface area (Å²) in [5.74, 6) is 0.967. The van der Waals surface area contributed by atoms with Crippen molar-refractivity contribution in [1.82, 2.24) is 5.32 Å². The molecule has 3 atom stereocenters. The zero-order valence-corrected chi connectivity index (χ0v) is 20.9. The highest BCUT2D eigenvalue weighted by molar-refractivity contribution is 7.80. The van der Waals surface area contributed by atoms with E-state index in [9.17, 15) is 4.79 Å². The quantitative estimate of drug-likeness (QED) is 0.460. The number of methoxy groups -OCH3 is 2. The third-order valence-electron chi connectivity index (χ3n) is 6.43. The number of benzene rings is 3. The lowest BCUT2D eigenvalue weighted by Gasteiger charge is -2.56. The number of hydrogen-bond donors (Lipinski definition) is 2. The van der Waals surface area contributed by atoms with E-state index in [1.54, 1.807) is 50.6 Å². The minimum Gasteiger partial charge on any atom is -0.497 e. The maximum absolute atomic E-state index is 13.9. The van der Waals surface area contributed by atoms with Crippen LogP contribution in [0.3, 0.4) is 0 Å². The Labute approximate surface area is 213 Å². The highest BCUT2D eigenvalue weighted by Crippen LogP contribution is 2.52. The number of nitrogens with one attached hydrogen (secondary N) is 2. The molecular weight excluding hydrogens is 486 g/mol. The van der Waals surface area contributed by atoms with Gasteiger partial charge in [0, 0.05) is 22.0 Å². The molecule has 0 aromatic heterocycles. The van der Waals surface area contributed by atoms with Gasteiger partial charge in [-0.05, 0) is 73.7 Å². The number of amides is 1. The van der Waals surface area contributed by atoms with E-state index in [-0.39, 0.29) is 5.91 Å². The Morgan fingerprint density at radius 1 is 1.09 bits per heavy atom. The van der Waals surface area contributed by atoms with E-state index in [1.165, 1.54) is 0 Å². The fraction of sp³-hybridized carbons (Fsp3) is 0.231. The van der Waals surface area contributed by atoms with Crippen molar-refractivity contribution in [2.75, 3.05) is 24.4 Å². The van der Waals surface area contributed by atoms with E-state index in [0.717, 1.165) is 11.3 Å². The van der Waals surface area contributed by atoms with Gasteiger partial charge in [0.15, 0.2) is 22.3 Å². The molecule has 2 bridgehead atoms. The lowest BCUT2D eigenvalue weighted by Crippen LogP contribution is -2.72. The summed E-state index contributed by atoms with van der Waals surface area (Å²) in [7, 11) is 3.19. The largest absolute Gasteiger partial charge is 0.497 e. The van der Waals surface area contributed by atoms with Gasteiger partial charge in [0.2, 0.25) is 5.91 Å². The van der Waals surface area contributed by atoms with Gasteiger partial charge in [0.25, 0.3) is 0 Å². The molecule has 0 radical (unpaired) electrons. The fourth-order valence-corrected chi connectivity index (χ4v) is 5.34. The van der Waals surface area contributed by atoms with Crippen LogP contribution < -0.4 is 29.7 Å². The first-order valence-electron chi connectivity index (χ1n) is 11.0. The van der Waals surface area contributed by atoms with Crippen molar-refractivity contribution in [1.29, 1.82) is 0 Å². The van der Waals surface area contributed by atoms with Crippen molar-refractivity contribution >= 4 is 46.2 Å². The van der Waals surface area contributed by atoms with Crippen LogP contribution in [-0.2, 0) is 4.79 Å². The number of fused-ring (bicyclic) bond motifs is 4. The van der Waals surface area contributed by atoms with Crippen LogP contribution in [-0.4, -0.2) is 31.0 Å². The molecule has 5 rings (SSSR count). The molecule has 0 aliphatic carbocycles. The summed E-state index contributed by atoms with van der Waals surface area (Å²) in [6, 6.07) is 19.6. The van der Waals surface area contributed by atoms with E-state index in [4.69, 9.17) is 38.0 Å². The zero-order chi connectivity index (χ0) is 24.7. The van der Waals surface area contributed by atoms with Gasteiger partial charge in [-0.15, -0.1) is 0 Å². The molecule has 1 fully saturated rings. The first-order chi connectivity index (χ1) is 16.9. The van der Waals surface area contributed by atoms with E-state index in [1.807, 2.05) is 42.2 Å². The maximum Gasteiger partial charge on any atom is 0.236 e. The minimum absolute atomic E-state index is 0.217. The second-order valence-corrected chi connectivity index (χ2v) is 9.29. The Kier molecular flexibility index (Phi) is 5.94. The summed E-state index contributed by atoms with van der Waals surface area (Å²) in [4.78, 5) is 15.7. The third-order valence-corrected chi connectivity index (χ3v) is 6.99. The Hall–Kier alpha value is -3.49. The fourth-order valence-electron chi connectivity index (χ4n) is 4.80. The van der Waals surface area contributed by atoms with Crippen molar-refractivity contribution in [3.8, 4) is 17.2 Å². The summed E-state index contributed by atoms with van der Waals surface area (Å²) < 4.78 is 17.5. The number of rotatable bonds is 5. The van der Waals surface area contributed by atoms with Gasteiger partial charge in [-0.25, -0.2) is 0 Å². The lowest BCUT2D eigenvalue weighted by molar-refractivity contribution is -0.130. The van der Waals surface area contributed by atoms with Crippen molar-refractivity contribution < 1.29 is 19.0 Å². The molecule has 0 unspecified atom stereocenters. The van der Waals surface area contributed by atoms with Gasteiger partial charge in [0.1, 0.15) is 11.7 Å². The molecule has 1 amide bonds. The Balaban J connectivity index is 1.61. The molecule has 1 saturated heterocycles. The third kappa shape index (κ3) is 3.92. The van der Waals surface area contributed by atoms with Crippen molar-refractivity contribution in [3.63, 3.8) is 0 Å². The van der Waals surface area contributed by atoms with Gasteiger partial charge in [-0.2, -0.15) is 0 Å². The molecule has 0 spiro atoms. The van der Waals surface area contributed by atoms with E-state index in [0.29, 0.717) is 33.1 Å². The summed E-state index contributed by atoms with van der Waals surface area (Å²) in [5, 5.41) is 7.46. The number of thiocarbonyl (C=S) groups is 1. The molecule has 0 saturated carbocycles. The molecule has 2 heterocycles. The van der Waals surface area contributed by atoms with Crippen LogP contribution >= 0.6 is 23.8 Å². The SMILES string of the molecule is COc1ccc(NC(=O)[C@H]2[C@@H]3NC(=S)N(c4ccc(Cl)cc4)[C@]2(C)Oc2c(OC)cccc23)cc1. The number of carbonyl (C=O) groups is 1. The molecule has 2 aliphatic heterocycles. The molecule has 35 heavy (non-hydrogen) atoms. The molecule has 9 heteroatoms. The zero-order valence-electron chi connectivity index (χ0n) is 19.4. The van der Waals surface area contributed by atoms with Gasteiger partial charge in [-0.1, -0.05) is 23.7 Å². The summed E-state index contributed by atoms with van der Waals surface area (Å²) in [6.07, 6.45) is 0. The molecule has 2 N–H and O–H groups in total. The number of hydrogen-bond acceptors (Lipinski definition) is 5.